The van der Waals surface area contributed by atoms with Gasteiger partial charge in [-0.2, -0.15) is 0 Å². The molecule has 1 saturated heterocycles. The van der Waals surface area contributed by atoms with Crippen molar-refractivity contribution in [3.8, 4) is 0 Å². The minimum Gasteiger partial charge on any atom is -0.503 e. The number of carbonyl (C=O) groups excluding carboxylic acids is 2. The predicted molar refractivity (Wildman–Crippen MR) is 128 cm³/mol. The van der Waals surface area contributed by atoms with Crippen LogP contribution in [-0.2, 0) is 14.3 Å². The van der Waals surface area contributed by atoms with Crippen molar-refractivity contribution in [3.63, 3.8) is 0 Å². The Morgan fingerprint density at radius 2 is 1.76 bits per heavy atom. The molecule has 2 aromatic carbocycles. The van der Waals surface area contributed by atoms with Gasteiger partial charge in [0.25, 0.3) is 5.91 Å². The number of amides is 1. The van der Waals surface area contributed by atoms with Gasteiger partial charge in [0.1, 0.15) is 0 Å². The summed E-state index contributed by atoms with van der Waals surface area (Å²) in [6.45, 7) is 6.50. The molecule has 2 aliphatic heterocycles. The number of morpholine rings is 1. The fraction of sp³-hybridized carbons (Fsp3) is 0.333. The minimum atomic E-state index is -0.601. The first-order chi connectivity index (χ1) is 16.0. The summed E-state index contributed by atoms with van der Waals surface area (Å²) in [7, 11) is 0. The Bertz CT molecular complexity index is 1040. The van der Waals surface area contributed by atoms with E-state index in [4.69, 9.17) is 4.74 Å². The van der Waals surface area contributed by atoms with Crippen LogP contribution in [-0.4, -0.2) is 66.0 Å². The van der Waals surface area contributed by atoms with E-state index in [0.29, 0.717) is 6.54 Å². The molecule has 0 saturated carbocycles. The summed E-state index contributed by atoms with van der Waals surface area (Å²) in [5.74, 6) is -1.29. The number of hydrogen-bond donors (Lipinski definition) is 1. The van der Waals surface area contributed by atoms with Crippen molar-refractivity contribution in [1.29, 1.82) is 0 Å². The quantitative estimate of drug-likeness (QED) is 0.627. The second kappa shape index (κ2) is 10.6. The number of rotatable bonds is 8. The van der Waals surface area contributed by atoms with Crippen LogP contribution in [0.15, 0.2) is 72.0 Å². The Balaban J connectivity index is 1.56. The van der Waals surface area contributed by atoms with E-state index in [1.54, 1.807) is 11.0 Å². The molecule has 1 fully saturated rings. The summed E-state index contributed by atoms with van der Waals surface area (Å²) in [6, 6.07) is 16.7. The highest BCUT2D eigenvalue weighted by molar-refractivity contribution is 6.14. The molecule has 2 aliphatic rings. The summed E-state index contributed by atoms with van der Waals surface area (Å²) < 4.78 is 5.40. The number of benzene rings is 2. The lowest BCUT2D eigenvalue weighted by Gasteiger charge is -2.30. The number of allylic oxidation sites excluding steroid dienone is 1. The summed E-state index contributed by atoms with van der Waals surface area (Å²) in [5, 5.41) is 10.7. The van der Waals surface area contributed by atoms with E-state index in [1.165, 1.54) is 6.08 Å². The Morgan fingerprint density at radius 3 is 2.45 bits per heavy atom. The van der Waals surface area contributed by atoms with E-state index < -0.39 is 17.7 Å². The lowest BCUT2D eigenvalue weighted by atomic mass is 9.95. The maximum absolute atomic E-state index is 13.2. The van der Waals surface area contributed by atoms with Crippen LogP contribution in [0.25, 0.3) is 6.08 Å². The molecule has 2 aromatic rings. The zero-order valence-electron chi connectivity index (χ0n) is 18.9. The van der Waals surface area contributed by atoms with Gasteiger partial charge in [0.2, 0.25) is 0 Å². The normalized spacial score (nSPS) is 19.6. The third kappa shape index (κ3) is 5.41. The van der Waals surface area contributed by atoms with E-state index in [1.807, 2.05) is 61.5 Å². The second-order valence-corrected chi connectivity index (χ2v) is 8.49. The van der Waals surface area contributed by atoms with Crippen LogP contribution in [0, 0.1) is 6.92 Å². The summed E-state index contributed by atoms with van der Waals surface area (Å²) >= 11 is 0. The van der Waals surface area contributed by atoms with Crippen LogP contribution >= 0.6 is 0 Å². The molecule has 1 atom stereocenters. The largest absolute Gasteiger partial charge is 0.503 e. The van der Waals surface area contributed by atoms with E-state index in [2.05, 4.69) is 4.90 Å². The van der Waals surface area contributed by atoms with Gasteiger partial charge in [0.15, 0.2) is 11.5 Å². The van der Waals surface area contributed by atoms with E-state index >= 15 is 0 Å². The number of aliphatic hydroxyl groups is 1. The third-order valence-electron chi connectivity index (χ3n) is 6.17. The molecule has 0 radical (unpaired) electrons. The topological polar surface area (TPSA) is 70.1 Å². The zero-order chi connectivity index (χ0) is 23.2. The first-order valence-electron chi connectivity index (χ1n) is 11.4. The van der Waals surface area contributed by atoms with Gasteiger partial charge < -0.3 is 14.7 Å². The lowest BCUT2D eigenvalue weighted by molar-refractivity contribution is -0.129. The third-order valence-corrected chi connectivity index (χ3v) is 6.17. The number of nitrogens with zero attached hydrogens (tertiary/aromatic N) is 2. The van der Waals surface area contributed by atoms with Gasteiger partial charge in [-0.25, -0.2) is 0 Å². The second-order valence-electron chi connectivity index (χ2n) is 8.49. The summed E-state index contributed by atoms with van der Waals surface area (Å²) in [5.41, 5.74) is 2.93. The summed E-state index contributed by atoms with van der Waals surface area (Å²) in [6.07, 6.45) is 3.90. The van der Waals surface area contributed by atoms with Gasteiger partial charge in [0, 0.05) is 26.2 Å². The SMILES string of the molecule is Cc1ccc([C@H]2C(C(=O)/C=C/c3ccccc3)=C(O)C(=O)N2CCCN2CCOCC2)cc1. The van der Waals surface area contributed by atoms with E-state index in [0.717, 1.165) is 56.0 Å². The minimum absolute atomic E-state index is 0.141. The van der Waals surface area contributed by atoms with Crippen molar-refractivity contribution in [2.45, 2.75) is 19.4 Å². The zero-order valence-corrected chi connectivity index (χ0v) is 18.9. The number of ether oxygens (including phenoxy) is 1. The Labute approximate surface area is 194 Å². The highest BCUT2D eigenvalue weighted by atomic mass is 16.5. The standard InChI is InChI=1S/C27H30N2O4/c1-20-8-11-22(12-9-20)25-24(23(30)13-10-21-6-3-2-4-7-21)26(31)27(32)29(25)15-5-14-28-16-18-33-19-17-28/h2-4,6-13,25,31H,5,14-19H2,1H3/b13-10+/t25-/m0/s1. The average molecular weight is 447 g/mol. The Hall–Kier alpha value is -3.22. The van der Waals surface area contributed by atoms with Crippen molar-refractivity contribution in [2.24, 2.45) is 0 Å². The van der Waals surface area contributed by atoms with Gasteiger partial charge in [-0.1, -0.05) is 66.2 Å². The Morgan fingerprint density at radius 1 is 1.06 bits per heavy atom. The first kappa shape index (κ1) is 23.0. The number of ketones is 1. The molecule has 0 unspecified atom stereocenters. The van der Waals surface area contributed by atoms with Gasteiger partial charge in [-0.15, -0.1) is 0 Å². The fourth-order valence-electron chi connectivity index (χ4n) is 4.35. The number of aryl methyl sites for hydroxylation is 1. The van der Waals surface area contributed by atoms with Crippen molar-refractivity contribution in [3.05, 3.63) is 88.7 Å². The number of hydrogen-bond acceptors (Lipinski definition) is 5. The van der Waals surface area contributed by atoms with Crippen molar-refractivity contribution >= 4 is 17.8 Å². The molecule has 6 heteroatoms. The van der Waals surface area contributed by atoms with Crippen molar-refractivity contribution < 1.29 is 19.4 Å². The fourth-order valence-corrected chi connectivity index (χ4v) is 4.35. The first-order valence-corrected chi connectivity index (χ1v) is 11.4. The predicted octanol–water partition coefficient (Wildman–Crippen LogP) is 3.70. The molecule has 0 bridgehead atoms. The van der Waals surface area contributed by atoms with Crippen molar-refractivity contribution in [1.82, 2.24) is 9.80 Å². The molecule has 33 heavy (non-hydrogen) atoms. The lowest BCUT2D eigenvalue weighted by Crippen LogP contribution is -2.39. The molecule has 0 spiro atoms. The van der Waals surface area contributed by atoms with Crippen LogP contribution in [0.4, 0.5) is 0 Å². The molecule has 172 valence electrons. The van der Waals surface area contributed by atoms with Gasteiger partial charge >= 0.3 is 0 Å². The Kier molecular flexibility index (Phi) is 7.37. The smallest absolute Gasteiger partial charge is 0.290 e. The van der Waals surface area contributed by atoms with Crippen LogP contribution in [0.1, 0.15) is 29.2 Å². The molecule has 0 aliphatic carbocycles. The van der Waals surface area contributed by atoms with E-state index in [9.17, 15) is 14.7 Å². The monoisotopic (exact) mass is 446 g/mol. The van der Waals surface area contributed by atoms with Gasteiger partial charge in [-0.3, -0.25) is 14.5 Å². The van der Waals surface area contributed by atoms with E-state index in [-0.39, 0.29) is 11.4 Å². The maximum atomic E-state index is 13.2. The van der Waals surface area contributed by atoms with Crippen molar-refractivity contribution in [2.75, 3.05) is 39.4 Å². The average Bonchev–Trinajstić information content (AvgIpc) is 3.09. The van der Waals surface area contributed by atoms with Crippen LogP contribution in [0.5, 0.6) is 0 Å². The van der Waals surface area contributed by atoms with Gasteiger partial charge in [-0.05, 0) is 30.5 Å². The molecule has 1 amide bonds. The van der Waals surface area contributed by atoms with Gasteiger partial charge in [0.05, 0.1) is 24.8 Å². The van der Waals surface area contributed by atoms with Crippen LogP contribution in [0.2, 0.25) is 0 Å². The molecule has 2 heterocycles. The number of aliphatic hydroxyl groups excluding tert-OH is 1. The molecule has 6 nitrogen and oxygen atoms in total. The van der Waals surface area contributed by atoms with Crippen LogP contribution < -0.4 is 0 Å². The highest BCUT2D eigenvalue weighted by Crippen LogP contribution is 2.38. The molecule has 1 N–H and O–H groups in total. The molecular formula is C27H30N2O4. The highest BCUT2D eigenvalue weighted by Gasteiger charge is 2.42. The summed E-state index contributed by atoms with van der Waals surface area (Å²) in [4.78, 5) is 30.2. The maximum Gasteiger partial charge on any atom is 0.290 e. The molecule has 0 aromatic heterocycles. The number of carbonyl (C=O) groups is 2. The van der Waals surface area contributed by atoms with Crippen LogP contribution in [0.3, 0.4) is 0 Å². The molecule has 4 rings (SSSR count). The molecular weight excluding hydrogens is 416 g/mol.